The lowest BCUT2D eigenvalue weighted by Crippen LogP contribution is -2.32. The van der Waals surface area contributed by atoms with E-state index < -0.39 is 19.1 Å². The van der Waals surface area contributed by atoms with Crippen LogP contribution in [0.1, 0.15) is 0 Å². The smallest absolute Gasteiger partial charge is 0.255 e. The molecule has 0 saturated carbocycles. The van der Waals surface area contributed by atoms with Crippen LogP contribution in [-0.4, -0.2) is 24.2 Å². The van der Waals surface area contributed by atoms with Crippen molar-refractivity contribution in [1.82, 2.24) is 0 Å². The normalized spacial score (nSPS) is 15.0. The van der Waals surface area contributed by atoms with Crippen molar-refractivity contribution in [3.8, 4) is 0 Å². The first kappa shape index (κ1) is 6.78. The lowest BCUT2D eigenvalue weighted by molar-refractivity contribution is 0.0838. The van der Waals surface area contributed by atoms with Gasteiger partial charge in [-0.2, -0.15) is 0 Å². The van der Waals surface area contributed by atoms with Gasteiger partial charge in [-0.1, -0.05) is 0 Å². The van der Waals surface area contributed by atoms with Crippen LogP contribution < -0.4 is 5.73 Å². The average molecular weight is 111 g/mol. The first-order chi connectivity index (χ1) is 3.18. The van der Waals surface area contributed by atoms with Crippen molar-refractivity contribution < 1.29 is 13.9 Å². The molecule has 44 valence electrons. The van der Waals surface area contributed by atoms with Gasteiger partial charge < -0.3 is 10.8 Å². The summed E-state index contributed by atoms with van der Waals surface area (Å²) in [7, 11) is 0. The van der Waals surface area contributed by atoms with Gasteiger partial charge >= 0.3 is 0 Å². The molecule has 0 bridgehead atoms. The maximum absolute atomic E-state index is 11.1. The Morgan fingerprint density at radius 2 is 2.00 bits per heavy atom. The van der Waals surface area contributed by atoms with Crippen molar-refractivity contribution in [2.24, 2.45) is 5.73 Å². The summed E-state index contributed by atoms with van der Waals surface area (Å²) in [6, 6.07) is -1.38. The van der Waals surface area contributed by atoms with E-state index >= 15 is 0 Å². The number of hydrogen-bond acceptors (Lipinski definition) is 2. The zero-order valence-electron chi connectivity index (χ0n) is 3.64. The van der Waals surface area contributed by atoms with Crippen LogP contribution in [-0.2, 0) is 0 Å². The van der Waals surface area contributed by atoms with Crippen LogP contribution in [0.2, 0.25) is 0 Å². The summed E-state index contributed by atoms with van der Waals surface area (Å²) in [5, 5.41) is 7.90. The van der Waals surface area contributed by atoms with Crippen LogP contribution >= 0.6 is 0 Å². The molecule has 0 fully saturated rings. The Morgan fingerprint density at radius 3 is 2.00 bits per heavy atom. The molecule has 0 aromatic heterocycles. The van der Waals surface area contributed by atoms with Gasteiger partial charge in [-0.3, -0.25) is 0 Å². The van der Waals surface area contributed by atoms with Crippen LogP contribution in [0.4, 0.5) is 8.78 Å². The van der Waals surface area contributed by atoms with E-state index in [1.165, 1.54) is 0 Å². The largest absolute Gasteiger partial charge is 0.395 e. The molecule has 0 aromatic carbocycles. The molecule has 0 amide bonds. The van der Waals surface area contributed by atoms with E-state index in [9.17, 15) is 8.78 Å². The van der Waals surface area contributed by atoms with Gasteiger partial charge in [-0.25, -0.2) is 8.78 Å². The molecule has 2 nitrogen and oxygen atoms in total. The fourth-order valence-corrected chi connectivity index (χ4v) is 0.0797. The number of nitrogens with two attached hydrogens (primary N) is 1. The third-order valence-corrected chi connectivity index (χ3v) is 0.534. The highest BCUT2D eigenvalue weighted by Crippen LogP contribution is 1.94. The summed E-state index contributed by atoms with van der Waals surface area (Å²) in [5.41, 5.74) is 4.62. The Labute approximate surface area is 39.9 Å². The third kappa shape index (κ3) is 2.47. The second kappa shape index (κ2) is 2.87. The fraction of sp³-hybridized carbons (Fsp3) is 1.00. The van der Waals surface area contributed by atoms with Gasteiger partial charge in [0, 0.05) is 0 Å². The van der Waals surface area contributed by atoms with Gasteiger partial charge in [0.05, 0.1) is 12.6 Å². The second-order valence-corrected chi connectivity index (χ2v) is 1.18. The van der Waals surface area contributed by atoms with Gasteiger partial charge in [0.1, 0.15) is 0 Å². The van der Waals surface area contributed by atoms with Gasteiger partial charge in [-0.15, -0.1) is 0 Å². The Kier molecular flexibility index (Phi) is 2.78. The number of rotatable bonds is 2. The molecule has 3 N–H and O–H groups in total. The van der Waals surface area contributed by atoms with Crippen LogP contribution in [0.5, 0.6) is 0 Å². The molecule has 0 aliphatic heterocycles. The van der Waals surface area contributed by atoms with E-state index in [1.54, 1.807) is 0 Å². The van der Waals surface area contributed by atoms with Crippen molar-refractivity contribution in [2.75, 3.05) is 6.61 Å². The molecule has 0 aliphatic rings. The maximum atomic E-state index is 11.1. The highest BCUT2D eigenvalue weighted by Gasteiger charge is 2.11. The van der Waals surface area contributed by atoms with Gasteiger partial charge in [-0.05, 0) is 0 Å². The first-order valence-corrected chi connectivity index (χ1v) is 1.83. The molecule has 1 atom stereocenters. The number of hydrogen-bond donors (Lipinski definition) is 2. The summed E-state index contributed by atoms with van der Waals surface area (Å²) in [6.45, 7) is -0.655. The predicted octanol–water partition coefficient (Wildman–Crippen LogP) is -0.429. The van der Waals surface area contributed by atoms with Crippen LogP contribution in [0.25, 0.3) is 0 Å². The topological polar surface area (TPSA) is 46.2 Å². The summed E-state index contributed by atoms with van der Waals surface area (Å²) in [4.78, 5) is 0. The van der Waals surface area contributed by atoms with Gasteiger partial charge in [0.15, 0.2) is 0 Å². The minimum absolute atomic E-state index is 0.655. The molecular formula is C3H7F2NO. The van der Waals surface area contributed by atoms with Crippen molar-refractivity contribution in [2.45, 2.75) is 12.5 Å². The molecule has 1 unspecified atom stereocenters. The summed E-state index contributed by atoms with van der Waals surface area (Å²) < 4.78 is 22.3. The predicted molar refractivity (Wildman–Crippen MR) is 21.1 cm³/mol. The number of aliphatic hydroxyl groups excluding tert-OH is 1. The van der Waals surface area contributed by atoms with Crippen molar-refractivity contribution in [3.63, 3.8) is 0 Å². The van der Waals surface area contributed by atoms with Gasteiger partial charge in [0.2, 0.25) is 0 Å². The summed E-state index contributed by atoms with van der Waals surface area (Å²) in [6.07, 6.45) is -2.61. The Bertz CT molecular complexity index is 50.2. The molecule has 0 saturated heterocycles. The lowest BCUT2D eigenvalue weighted by atomic mass is 10.4. The standard InChI is InChI=1S/C3H7F2NO/c4-3(5)2(6)1-7/h2-3,7H,1,6H2. The monoisotopic (exact) mass is 111 g/mol. The zero-order chi connectivity index (χ0) is 5.86. The molecule has 0 radical (unpaired) electrons. The molecule has 7 heavy (non-hydrogen) atoms. The molecule has 0 spiro atoms. The highest BCUT2D eigenvalue weighted by molar-refractivity contribution is 4.59. The number of aliphatic hydroxyl groups is 1. The molecule has 0 aromatic rings. The van der Waals surface area contributed by atoms with Crippen molar-refractivity contribution in [1.29, 1.82) is 0 Å². The molecule has 0 aliphatic carbocycles. The van der Waals surface area contributed by atoms with Crippen LogP contribution in [0, 0.1) is 0 Å². The lowest BCUT2D eigenvalue weighted by Gasteiger charge is -2.02. The molecule has 0 heterocycles. The second-order valence-electron chi connectivity index (χ2n) is 1.18. The van der Waals surface area contributed by atoms with E-state index in [0.717, 1.165) is 0 Å². The van der Waals surface area contributed by atoms with E-state index in [2.05, 4.69) is 5.73 Å². The quantitative estimate of drug-likeness (QED) is 0.508. The van der Waals surface area contributed by atoms with E-state index in [0.29, 0.717) is 0 Å². The third-order valence-electron chi connectivity index (χ3n) is 0.534. The summed E-state index contributed by atoms with van der Waals surface area (Å²) in [5.74, 6) is 0. The molecule has 0 rings (SSSR count). The van der Waals surface area contributed by atoms with E-state index in [1.807, 2.05) is 0 Å². The molecule has 4 heteroatoms. The van der Waals surface area contributed by atoms with Crippen LogP contribution in [0.3, 0.4) is 0 Å². The molecular weight excluding hydrogens is 104 g/mol. The summed E-state index contributed by atoms with van der Waals surface area (Å²) >= 11 is 0. The first-order valence-electron chi connectivity index (χ1n) is 1.83. The van der Waals surface area contributed by atoms with Crippen molar-refractivity contribution >= 4 is 0 Å². The minimum Gasteiger partial charge on any atom is -0.395 e. The Morgan fingerprint density at radius 1 is 1.57 bits per heavy atom. The minimum atomic E-state index is -2.61. The zero-order valence-corrected chi connectivity index (χ0v) is 3.64. The average Bonchev–Trinajstić information content (AvgIpc) is 1.65. The van der Waals surface area contributed by atoms with Gasteiger partial charge in [0.25, 0.3) is 6.43 Å². The fourth-order valence-electron chi connectivity index (χ4n) is 0.0797. The SMILES string of the molecule is NC(CO)C(F)F. The van der Waals surface area contributed by atoms with Crippen LogP contribution in [0.15, 0.2) is 0 Å². The number of alkyl halides is 2. The van der Waals surface area contributed by atoms with Crippen molar-refractivity contribution in [3.05, 3.63) is 0 Å². The van der Waals surface area contributed by atoms with E-state index in [4.69, 9.17) is 5.11 Å². The number of halogens is 2. The van der Waals surface area contributed by atoms with E-state index in [-0.39, 0.29) is 0 Å². The Hall–Kier alpha value is -0.220. The Balaban J connectivity index is 3.14. The maximum Gasteiger partial charge on any atom is 0.255 e. The highest BCUT2D eigenvalue weighted by atomic mass is 19.3.